The van der Waals surface area contributed by atoms with Crippen molar-refractivity contribution in [1.29, 1.82) is 5.26 Å². The van der Waals surface area contributed by atoms with Crippen LogP contribution in [0, 0.1) is 11.3 Å². The van der Waals surface area contributed by atoms with Gasteiger partial charge in [0, 0.05) is 12.4 Å². The summed E-state index contributed by atoms with van der Waals surface area (Å²) in [6.07, 6.45) is 0. The average molecular weight is 289 g/mol. The fourth-order valence-electron chi connectivity index (χ4n) is 1.99. The van der Waals surface area contributed by atoms with E-state index in [1.54, 1.807) is 12.1 Å². The second-order valence-corrected chi connectivity index (χ2v) is 5.17. The first-order valence-corrected chi connectivity index (χ1v) is 6.40. The fraction of sp³-hybridized carbons (Fsp3) is 0.385. The number of nitrogens with zero attached hydrogens (tertiary/aromatic N) is 1. The third kappa shape index (κ3) is 3.33. The number of nitriles is 1. The van der Waals surface area contributed by atoms with Crippen LogP contribution in [0.15, 0.2) is 12.1 Å². The number of nitrogens with one attached hydrogen (secondary N) is 1. The standard InChI is InChI=1S/C13H16BN3O4/c1-8(18)17-12-10(20-7-13(2,16)6-15)4-3-9-5-21-14(19)11(9)12/h3-4,19H,5,7,16H2,1-2H3,(H,17,18)/t13-/m0/s1. The zero-order valence-electron chi connectivity index (χ0n) is 11.8. The van der Waals surface area contributed by atoms with Crippen LogP contribution in [-0.4, -0.2) is 30.2 Å². The highest BCUT2D eigenvalue weighted by Crippen LogP contribution is 2.28. The Hall–Kier alpha value is -2.08. The third-order valence-electron chi connectivity index (χ3n) is 3.03. The SMILES string of the molecule is CC(=O)Nc1c(OC[C@@](C)(N)C#N)ccc2c1B(O)OC2. The van der Waals surface area contributed by atoms with E-state index in [4.69, 9.17) is 20.4 Å². The number of fused-ring (bicyclic) bond motifs is 1. The number of carbonyl (C=O) groups is 1. The first kappa shape index (κ1) is 15.3. The van der Waals surface area contributed by atoms with Crippen molar-refractivity contribution >= 4 is 24.2 Å². The Bertz CT molecular complexity index is 612. The summed E-state index contributed by atoms with van der Waals surface area (Å²) >= 11 is 0. The zero-order chi connectivity index (χ0) is 15.6. The number of carbonyl (C=O) groups excluding carboxylic acids is 1. The van der Waals surface area contributed by atoms with Gasteiger partial charge in [-0.3, -0.25) is 4.79 Å². The number of amides is 1. The van der Waals surface area contributed by atoms with Gasteiger partial charge in [0.2, 0.25) is 5.91 Å². The largest absolute Gasteiger partial charge is 0.494 e. The van der Waals surface area contributed by atoms with Crippen LogP contribution in [-0.2, 0) is 16.1 Å². The van der Waals surface area contributed by atoms with Crippen LogP contribution >= 0.6 is 0 Å². The van der Waals surface area contributed by atoms with Gasteiger partial charge in [-0.1, -0.05) is 6.07 Å². The Morgan fingerprint density at radius 2 is 2.43 bits per heavy atom. The van der Waals surface area contributed by atoms with Gasteiger partial charge in [-0.05, 0) is 18.6 Å². The molecule has 7 nitrogen and oxygen atoms in total. The van der Waals surface area contributed by atoms with Gasteiger partial charge in [-0.15, -0.1) is 0 Å². The molecule has 4 N–H and O–H groups in total. The number of benzene rings is 1. The Labute approximate surface area is 122 Å². The Morgan fingerprint density at radius 1 is 1.71 bits per heavy atom. The van der Waals surface area contributed by atoms with E-state index in [0.717, 1.165) is 5.56 Å². The molecule has 0 radical (unpaired) electrons. The van der Waals surface area contributed by atoms with E-state index < -0.39 is 12.7 Å². The van der Waals surface area contributed by atoms with Crippen LogP contribution < -0.4 is 21.3 Å². The van der Waals surface area contributed by atoms with Gasteiger partial charge in [-0.25, -0.2) is 0 Å². The van der Waals surface area contributed by atoms with Crippen LogP contribution in [0.3, 0.4) is 0 Å². The van der Waals surface area contributed by atoms with E-state index in [1.807, 2.05) is 6.07 Å². The molecular weight excluding hydrogens is 273 g/mol. The van der Waals surface area contributed by atoms with E-state index in [9.17, 15) is 9.82 Å². The maximum atomic E-state index is 11.4. The maximum absolute atomic E-state index is 11.4. The molecule has 1 aliphatic rings. The minimum atomic E-state index is -1.15. The molecule has 0 saturated carbocycles. The van der Waals surface area contributed by atoms with Crippen LogP contribution in [0.5, 0.6) is 5.75 Å². The smallest absolute Gasteiger partial charge is 0.488 e. The maximum Gasteiger partial charge on any atom is 0.494 e. The van der Waals surface area contributed by atoms with Crippen molar-refractivity contribution in [2.45, 2.75) is 26.0 Å². The third-order valence-corrected chi connectivity index (χ3v) is 3.03. The predicted molar refractivity (Wildman–Crippen MR) is 76.8 cm³/mol. The Kier molecular flexibility index (Phi) is 4.18. The summed E-state index contributed by atoms with van der Waals surface area (Å²) in [4.78, 5) is 11.4. The summed E-state index contributed by atoms with van der Waals surface area (Å²) in [6.45, 7) is 3.10. The molecule has 1 aromatic carbocycles. The summed E-state index contributed by atoms with van der Waals surface area (Å²) in [6, 6.07) is 5.32. The molecule has 0 saturated heterocycles. The quantitative estimate of drug-likeness (QED) is 0.642. The number of hydrogen-bond donors (Lipinski definition) is 3. The molecule has 2 rings (SSSR count). The normalized spacial score (nSPS) is 15.9. The number of ether oxygens (including phenoxy) is 1. The lowest BCUT2D eigenvalue weighted by molar-refractivity contribution is -0.114. The molecule has 8 heteroatoms. The van der Waals surface area contributed by atoms with E-state index in [2.05, 4.69) is 5.32 Å². The molecule has 110 valence electrons. The van der Waals surface area contributed by atoms with Gasteiger partial charge < -0.3 is 25.5 Å². The molecule has 1 heterocycles. The van der Waals surface area contributed by atoms with Crippen LogP contribution in [0.4, 0.5) is 5.69 Å². The van der Waals surface area contributed by atoms with E-state index in [-0.39, 0.29) is 19.1 Å². The monoisotopic (exact) mass is 289 g/mol. The molecule has 0 aromatic heterocycles. The number of hydrogen-bond acceptors (Lipinski definition) is 6. The van der Waals surface area contributed by atoms with Crippen LogP contribution in [0.1, 0.15) is 19.4 Å². The summed E-state index contributed by atoms with van der Waals surface area (Å²) in [7, 11) is -1.12. The van der Waals surface area contributed by atoms with Crippen molar-refractivity contribution in [1.82, 2.24) is 0 Å². The van der Waals surface area contributed by atoms with Crippen LogP contribution in [0.2, 0.25) is 0 Å². The summed E-state index contributed by atoms with van der Waals surface area (Å²) in [5.74, 6) is 0.0311. The lowest BCUT2D eigenvalue weighted by Crippen LogP contribution is -2.41. The summed E-state index contributed by atoms with van der Waals surface area (Å²) in [5, 5.41) is 21.4. The minimum absolute atomic E-state index is 0.0498. The lowest BCUT2D eigenvalue weighted by Gasteiger charge is -2.20. The topological polar surface area (TPSA) is 118 Å². The average Bonchev–Trinajstić information content (AvgIpc) is 2.79. The highest BCUT2D eigenvalue weighted by molar-refractivity contribution is 6.63. The van der Waals surface area contributed by atoms with Gasteiger partial charge in [0.05, 0.1) is 18.4 Å². The fourth-order valence-corrected chi connectivity index (χ4v) is 1.99. The zero-order valence-corrected chi connectivity index (χ0v) is 11.8. The van der Waals surface area contributed by atoms with Crippen molar-refractivity contribution in [3.05, 3.63) is 17.7 Å². The van der Waals surface area contributed by atoms with E-state index in [0.29, 0.717) is 16.9 Å². The number of rotatable bonds is 4. The molecular formula is C13H16BN3O4. The molecule has 1 amide bonds. The van der Waals surface area contributed by atoms with Gasteiger partial charge in [0.25, 0.3) is 0 Å². The highest BCUT2D eigenvalue weighted by atomic mass is 16.5. The van der Waals surface area contributed by atoms with E-state index in [1.165, 1.54) is 13.8 Å². The Balaban J connectivity index is 2.35. The first-order valence-electron chi connectivity index (χ1n) is 6.40. The second-order valence-electron chi connectivity index (χ2n) is 5.17. The predicted octanol–water partition coefficient (Wildman–Crippen LogP) is -0.518. The molecule has 0 aliphatic carbocycles. The van der Waals surface area contributed by atoms with E-state index >= 15 is 0 Å². The van der Waals surface area contributed by atoms with Crippen molar-refractivity contribution in [3.63, 3.8) is 0 Å². The molecule has 0 spiro atoms. The number of nitrogens with two attached hydrogens (primary N) is 1. The first-order chi connectivity index (χ1) is 9.84. The van der Waals surface area contributed by atoms with Crippen molar-refractivity contribution < 1.29 is 19.2 Å². The molecule has 21 heavy (non-hydrogen) atoms. The summed E-state index contributed by atoms with van der Waals surface area (Å²) < 4.78 is 10.7. The summed E-state index contributed by atoms with van der Waals surface area (Å²) in [5.41, 5.74) is 6.15. The molecule has 1 aromatic rings. The minimum Gasteiger partial charge on any atom is -0.488 e. The Morgan fingerprint density at radius 3 is 3.05 bits per heavy atom. The second kappa shape index (κ2) is 5.73. The van der Waals surface area contributed by atoms with Crippen molar-refractivity contribution in [2.24, 2.45) is 5.73 Å². The number of anilines is 1. The molecule has 1 atom stereocenters. The van der Waals surface area contributed by atoms with Gasteiger partial charge >= 0.3 is 7.12 Å². The lowest BCUT2D eigenvalue weighted by atomic mass is 9.78. The van der Waals surface area contributed by atoms with Crippen molar-refractivity contribution in [3.8, 4) is 11.8 Å². The van der Waals surface area contributed by atoms with Crippen molar-refractivity contribution in [2.75, 3.05) is 11.9 Å². The highest BCUT2D eigenvalue weighted by Gasteiger charge is 2.33. The molecule has 0 unspecified atom stereocenters. The molecule has 0 bridgehead atoms. The van der Waals surface area contributed by atoms with Gasteiger partial charge in [0.1, 0.15) is 17.9 Å². The van der Waals surface area contributed by atoms with Gasteiger partial charge in [0.15, 0.2) is 0 Å². The van der Waals surface area contributed by atoms with Gasteiger partial charge in [-0.2, -0.15) is 5.26 Å². The molecule has 0 fully saturated rings. The van der Waals surface area contributed by atoms with Crippen LogP contribution in [0.25, 0.3) is 0 Å². The molecule has 1 aliphatic heterocycles.